The number of anilines is 1. The molecule has 5 rings (SSSR count). The van der Waals surface area contributed by atoms with Crippen molar-refractivity contribution in [1.82, 2.24) is 0 Å². The van der Waals surface area contributed by atoms with E-state index < -0.39 is 0 Å². The normalized spacial score (nSPS) is 15.9. The van der Waals surface area contributed by atoms with Gasteiger partial charge in [-0.15, -0.1) is 0 Å². The van der Waals surface area contributed by atoms with Gasteiger partial charge in [0.2, 0.25) is 0 Å². The van der Waals surface area contributed by atoms with Crippen LogP contribution in [0.1, 0.15) is 23.6 Å². The van der Waals surface area contributed by atoms with Crippen LogP contribution in [0, 0.1) is 0 Å². The van der Waals surface area contributed by atoms with Gasteiger partial charge in [-0.1, -0.05) is 103 Å². The molecule has 1 aliphatic heterocycles. The van der Waals surface area contributed by atoms with E-state index in [1.54, 1.807) is 0 Å². The van der Waals surface area contributed by atoms with E-state index in [1.165, 1.54) is 22.3 Å². The first-order valence-electron chi connectivity index (χ1n) is 10.0. The van der Waals surface area contributed by atoms with Crippen molar-refractivity contribution in [3.05, 3.63) is 126 Å². The number of hydrazone groups is 1. The molecule has 1 aliphatic rings. The molecule has 0 saturated heterocycles. The Morgan fingerprint density at radius 1 is 0.552 bits per heavy atom. The summed E-state index contributed by atoms with van der Waals surface area (Å²) in [6, 6.07) is 40.6. The predicted octanol–water partition coefficient (Wildman–Crippen LogP) is 6.71. The molecule has 0 aliphatic carbocycles. The van der Waals surface area contributed by atoms with Crippen molar-refractivity contribution in [2.24, 2.45) is 5.10 Å². The lowest BCUT2D eigenvalue weighted by Gasteiger charge is -2.24. The van der Waals surface area contributed by atoms with Gasteiger partial charge in [-0.25, -0.2) is 0 Å². The molecule has 0 saturated carbocycles. The maximum atomic E-state index is 5.02. The molecule has 0 unspecified atom stereocenters. The Bertz CT molecular complexity index is 1100. The van der Waals surface area contributed by atoms with Crippen molar-refractivity contribution >= 4 is 11.4 Å². The van der Waals surface area contributed by atoms with E-state index in [0.717, 1.165) is 17.8 Å². The number of para-hydroxylation sites is 1. The van der Waals surface area contributed by atoms with Crippen molar-refractivity contribution < 1.29 is 0 Å². The van der Waals surface area contributed by atoms with Gasteiger partial charge in [0, 0.05) is 6.42 Å². The van der Waals surface area contributed by atoms with Gasteiger partial charge in [-0.3, -0.25) is 5.01 Å². The highest BCUT2D eigenvalue weighted by Gasteiger charge is 2.29. The first-order valence-corrected chi connectivity index (χ1v) is 10.0. The molecule has 0 bridgehead atoms. The quantitative estimate of drug-likeness (QED) is 0.388. The Kier molecular flexibility index (Phi) is 4.67. The number of hydrogen-bond acceptors (Lipinski definition) is 2. The lowest BCUT2D eigenvalue weighted by Crippen LogP contribution is -2.18. The zero-order chi connectivity index (χ0) is 19.5. The van der Waals surface area contributed by atoms with Crippen LogP contribution in [0.15, 0.2) is 120 Å². The fourth-order valence-corrected chi connectivity index (χ4v) is 3.92. The molecular weight excluding hydrogens is 352 g/mol. The fraction of sp³-hybridized carbons (Fsp3) is 0.0741. The zero-order valence-corrected chi connectivity index (χ0v) is 16.1. The minimum Gasteiger partial charge on any atom is -0.257 e. The van der Waals surface area contributed by atoms with Crippen molar-refractivity contribution in [2.75, 3.05) is 5.01 Å². The highest BCUT2D eigenvalue weighted by molar-refractivity contribution is 6.03. The predicted molar refractivity (Wildman–Crippen MR) is 121 cm³/mol. The fourth-order valence-electron chi connectivity index (χ4n) is 3.92. The van der Waals surface area contributed by atoms with Gasteiger partial charge < -0.3 is 0 Å². The summed E-state index contributed by atoms with van der Waals surface area (Å²) in [7, 11) is 0. The van der Waals surface area contributed by atoms with Gasteiger partial charge >= 0.3 is 0 Å². The van der Waals surface area contributed by atoms with Crippen LogP contribution in [0.5, 0.6) is 0 Å². The van der Waals surface area contributed by atoms with Crippen molar-refractivity contribution in [3.8, 4) is 11.1 Å². The van der Waals surface area contributed by atoms with E-state index in [1.807, 2.05) is 12.1 Å². The largest absolute Gasteiger partial charge is 0.257 e. The van der Waals surface area contributed by atoms with Crippen molar-refractivity contribution in [2.45, 2.75) is 12.5 Å². The third-order valence-electron chi connectivity index (χ3n) is 5.44. The third-order valence-corrected chi connectivity index (χ3v) is 5.44. The molecule has 140 valence electrons. The maximum absolute atomic E-state index is 5.02. The second-order valence-electron chi connectivity index (χ2n) is 7.30. The van der Waals surface area contributed by atoms with E-state index >= 15 is 0 Å². The number of nitrogens with zero attached hydrogens (tertiary/aromatic N) is 2. The van der Waals surface area contributed by atoms with E-state index in [2.05, 4.69) is 108 Å². The van der Waals surface area contributed by atoms with E-state index in [-0.39, 0.29) is 6.04 Å². The topological polar surface area (TPSA) is 15.6 Å². The highest BCUT2D eigenvalue weighted by atomic mass is 15.5. The maximum Gasteiger partial charge on any atom is 0.0831 e. The highest BCUT2D eigenvalue weighted by Crippen LogP contribution is 2.37. The Morgan fingerprint density at radius 3 is 1.69 bits per heavy atom. The van der Waals surface area contributed by atoms with Crippen LogP contribution in [-0.2, 0) is 0 Å². The average molecular weight is 374 g/mol. The van der Waals surface area contributed by atoms with E-state index in [0.29, 0.717) is 0 Å². The molecule has 0 N–H and O–H groups in total. The molecule has 4 aromatic carbocycles. The standard InChI is InChI=1S/C27H22N2/c1-4-10-21(11-5-1)22-16-18-24(19-17-22)27-20-26(23-12-6-2-7-13-23)28-29(27)25-14-8-3-9-15-25/h1-19,27H,20H2/t27-/m0/s1. The molecule has 0 radical (unpaired) electrons. The molecule has 29 heavy (non-hydrogen) atoms. The van der Waals surface area contributed by atoms with Crippen LogP contribution < -0.4 is 5.01 Å². The van der Waals surface area contributed by atoms with Crippen molar-refractivity contribution in [1.29, 1.82) is 0 Å². The van der Waals surface area contributed by atoms with Crippen LogP contribution in [0.3, 0.4) is 0 Å². The minimum absolute atomic E-state index is 0.192. The molecule has 0 aromatic heterocycles. The Labute approximate surface area is 171 Å². The van der Waals surface area contributed by atoms with Crippen LogP contribution in [0.2, 0.25) is 0 Å². The number of hydrogen-bond donors (Lipinski definition) is 0. The first-order chi connectivity index (χ1) is 14.4. The molecule has 2 nitrogen and oxygen atoms in total. The van der Waals surface area contributed by atoms with E-state index in [9.17, 15) is 0 Å². The second kappa shape index (κ2) is 7.76. The summed E-state index contributed by atoms with van der Waals surface area (Å²) in [6.07, 6.45) is 0.892. The number of benzene rings is 4. The lowest BCUT2D eigenvalue weighted by molar-refractivity contribution is 0.709. The van der Waals surface area contributed by atoms with Gasteiger partial charge in [0.05, 0.1) is 17.4 Å². The smallest absolute Gasteiger partial charge is 0.0831 e. The van der Waals surface area contributed by atoms with Gasteiger partial charge in [-0.05, 0) is 34.4 Å². The minimum atomic E-state index is 0.192. The SMILES string of the molecule is c1ccc(C2=NN(c3ccccc3)[C@H](c3ccc(-c4ccccc4)cc3)C2)cc1. The summed E-state index contributed by atoms with van der Waals surface area (Å²) in [5.74, 6) is 0. The molecule has 0 amide bonds. The monoisotopic (exact) mass is 374 g/mol. The Hall–Kier alpha value is -3.65. The molecular formula is C27H22N2. The summed E-state index contributed by atoms with van der Waals surface area (Å²) in [6.45, 7) is 0. The van der Waals surface area contributed by atoms with Crippen LogP contribution in [-0.4, -0.2) is 5.71 Å². The van der Waals surface area contributed by atoms with Gasteiger partial charge in [0.25, 0.3) is 0 Å². The third kappa shape index (κ3) is 3.57. The molecule has 1 heterocycles. The summed E-state index contributed by atoms with van der Waals surface area (Å²) in [5, 5.41) is 7.18. The molecule has 0 fully saturated rings. The van der Waals surface area contributed by atoms with Crippen LogP contribution in [0.25, 0.3) is 11.1 Å². The second-order valence-corrected chi connectivity index (χ2v) is 7.30. The molecule has 0 spiro atoms. The Morgan fingerprint density at radius 2 is 1.07 bits per heavy atom. The van der Waals surface area contributed by atoms with Gasteiger partial charge in [-0.2, -0.15) is 5.10 Å². The average Bonchev–Trinajstić information content (AvgIpc) is 3.27. The molecule has 1 atom stereocenters. The first kappa shape index (κ1) is 17.4. The van der Waals surface area contributed by atoms with Crippen molar-refractivity contribution in [3.63, 3.8) is 0 Å². The van der Waals surface area contributed by atoms with Gasteiger partial charge in [0.15, 0.2) is 0 Å². The summed E-state index contributed by atoms with van der Waals surface area (Å²) in [5.41, 5.74) is 7.21. The molecule has 2 heteroatoms. The van der Waals surface area contributed by atoms with Crippen LogP contribution >= 0.6 is 0 Å². The van der Waals surface area contributed by atoms with Gasteiger partial charge in [0.1, 0.15) is 0 Å². The Balaban J connectivity index is 1.49. The zero-order valence-electron chi connectivity index (χ0n) is 16.1. The van der Waals surface area contributed by atoms with E-state index in [4.69, 9.17) is 5.10 Å². The number of rotatable bonds is 4. The summed E-state index contributed by atoms with van der Waals surface area (Å²) >= 11 is 0. The summed E-state index contributed by atoms with van der Waals surface area (Å²) < 4.78 is 0. The lowest BCUT2D eigenvalue weighted by atomic mass is 9.96. The summed E-state index contributed by atoms with van der Waals surface area (Å²) in [4.78, 5) is 0. The molecule has 4 aromatic rings. The van der Waals surface area contributed by atoms with Crippen LogP contribution in [0.4, 0.5) is 5.69 Å².